The van der Waals surface area contributed by atoms with Gasteiger partial charge in [-0.25, -0.2) is 0 Å². The van der Waals surface area contributed by atoms with Crippen molar-refractivity contribution in [3.63, 3.8) is 0 Å². The molecule has 26 heavy (non-hydrogen) atoms. The molecule has 0 bridgehead atoms. The van der Waals surface area contributed by atoms with Crippen LogP contribution in [0.15, 0.2) is 42.5 Å². The number of rotatable bonds is 3. The van der Waals surface area contributed by atoms with Gasteiger partial charge in [-0.1, -0.05) is 23.8 Å². The second kappa shape index (κ2) is 6.78. The Balaban J connectivity index is 1.42. The van der Waals surface area contributed by atoms with E-state index in [1.165, 1.54) is 0 Å². The summed E-state index contributed by atoms with van der Waals surface area (Å²) < 4.78 is 2.09. The van der Waals surface area contributed by atoms with Gasteiger partial charge in [0.2, 0.25) is 5.95 Å². The molecule has 0 radical (unpaired) electrons. The molecule has 0 atom stereocenters. The van der Waals surface area contributed by atoms with Gasteiger partial charge in [-0.3, -0.25) is 9.20 Å². The molecule has 1 aliphatic rings. The highest BCUT2D eigenvalue weighted by Crippen LogP contribution is 2.21. The summed E-state index contributed by atoms with van der Waals surface area (Å²) in [7, 11) is 0. The van der Waals surface area contributed by atoms with Crippen molar-refractivity contribution in [1.29, 1.82) is 0 Å². The molecule has 4 rings (SSSR count). The van der Waals surface area contributed by atoms with Crippen LogP contribution in [-0.4, -0.2) is 39.6 Å². The van der Waals surface area contributed by atoms with Crippen LogP contribution >= 0.6 is 0 Å². The predicted molar refractivity (Wildman–Crippen MR) is 102 cm³/mol. The lowest BCUT2D eigenvalue weighted by molar-refractivity contribution is 0.0931. The largest absolute Gasteiger partial charge is 0.349 e. The Bertz CT molecular complexity index is 940. The SMILES string of the molecule is Cc1cccc(C(=O)NC2CCN(c3nnc4cccc(C)n34)CC2)c1. The molecule has 0 spiro atoms. The first-order valence-corrected chi connectivity index (χ1v) is 9.05. The highest BCUT2D eigenvalue weighted by Gasteiger charge is 2.24. The van der Waals surface area contributed by atoms with Gasteiger partial charge in [0.1, 0.15) is 0 Å². The van der Waals surface area contributed by atoms with Gasteiger partial charge in [-0.05, 0) is 51.0 Å². The Labute approximate surface area is 152 Å². The minimum atomic E-state index is 0.0101. The van der Waals surface area contributed by atoms with E-state index in [0.717, 1.165) is 54.3 Å². The molecule has 0 saturated carbocycles. The fourth-order valence-corrected chi connectivity index (χ4v) is 3.57. The maximum absolute atomic E-state index is 12.4. The first-order valence-electron chi connectivity index (χ1n) is 9.05. The van der Waals surface area contributed by atoms with E-state index in [0.29, 0.717) is 0 Å². The molecule has 6 nitrogen and oxygen atoms in total. The zero-order valence-corrected chi connectivity index (χ0v) is 15.1. The fraction of sp³-hybridized carbons (Fsp3) is 0.350. The molecule has 134 valence electrons. The Morgan fingerprint density at radius 1 is 1.08 bits per heavy atom. The normalized spacial score (nSPS) is 15.4. The first kappa shape index (κ1) is 16.6. The molecule has 0 aliphatic carbocycles. The third-order valence-corrected chi connectivity index (χ3v) is 5.00. The van der Waals surface area contributed by atoms with Crippen LogP contribution in [0, 0.1) is 13.8 Å². The van der Waals surface area contributed by atoms with Crippen LogP contribution in [0.5, 0.6) is 0 Å². The summed E-state index contributed by atoms with van der Waals surface area (Å²) in [5, 5.41) is 11.8. The Morgan fingerprint density at radius 3 is 2.62 bits per heavy atom. The van der Waals surface area contributed by atoms with Crippen molar-refractivity contribution in [2.75, 3.05) is 18.0 Å². The summed E-state index contributed by atoms with van der Waals surface area (Å²) >= 11 is 0. The van der Waals surface area contributed by atoms with E-state index < -0.39 is 0 Å². The van der Waals surface area contributed by atoms with Crippen LogP contribution in [0.2, 0.25) is 0 Å². The minimum absolute atomic E-state index is 0.0101. The molecule has 1 aliphatic heterocycles. The van der Waals surface area contributed by atoms with Crippen LogP contribution in [0.4, 0.5) is 5.95 Å². The molecule has 6 heteroatoms. The van der Waals surface area contributed by atoms with Gasteiger partial charge in [-0.2, -0.15) is 0 Å². The number of nitrogens with zero attached hydrogens (tertiary/aromatic N) is 4. The van der Waals surface area contributed by atoms with Gasteiger partial charge < -0.3 is 10.2 Å². The van der Waals surface area contributed by atoms with Crippen molar-refractivity contribution in [2.45, 2.75) is 32.7 Å². The number of aromatic nitrogens is 3. The second-order valence-electron chi connectivity index (χ2n) is 6.97. The number of pyridine rings is 1. The van der Waals surface area contributed by atoms with Crippen molar-refractivity contribution in [2.24, 2.45) is 0 Å². The Morgan fingerprint density at radius 2 is 1.85 bits per heavy atom. The molecule has 1 fully saturated rings. The van der Waals surface area contributed by atoms with Crippen molar-refractivity contribution in [1.82, 2.24) is 19.9 Å². The molecule has 1 saturated heterocycles. The number of carbonyl (C=O) groups excluding carboxylic acids is 1. The summed E-state index contributed by atoms with van der Waals surface area (Å²) in [5.41, 5.74) is 3.82. The topological polar surface area (TPSA) is 62.5 Å². The molecule has 1 amide bonds. The van der Waals surface area contributed by atoms with Crippen molar-refractivity contribution in [3.05, 3.63) is 59.3 Å². The zero-order valence-electron chi connectivity index (χ0n) is 15.1. The standard InChI is InChI=1S/C20H23N5O/c1-14-5-3-7-16(13-14)19(26)21-17-9-11-24(12-10-17)20-23-22-18-8-4-6-15(2)25(18)20/h3-8,13,17H,9-12H2,1-2H3,(H,21,26). The average molecular weight is 349 g/mol. The van der Waals surface area contributed by atoms with Gasteiger partial charge in [0.25, 0.3) is 5.91 Å². The van der Waals surface area contributed by atoms with E-state index in [2.05, 4.69) is 37.8 Å². The minimum Gasteiger partial charge on any atom is -0.349 e. The lowest BCUT2D eigenvalue weighted by Gasteiger charge is -2.32. The smallest absolute Gasteiger partial charge is 0.251 e. The van der Waals surface area contributed by atoms with E-state index >= 15 is 0 Å². The van der Waals surface area contributed by atoms with Crippen molar-refractivity contribution < 1.29 is 4.79 Å². The maximum atomic E-state index is 12.4. The maximum Gasteiger partial charge on any atom is 0.251 e. The average Bonchev–Trinajstić information content (AvgIpc) is 3.08. The quantitative estimate of drug-likeness (QED) is 0.790. The number of hydrogen-bond acceptors (Lipinski definition) is 4. The highest BCUT2D eigenvalue weighted by molar-refractivity contribution is 5.94. The summed E-state index contributed by atoms with van der Waals surface area (Å²) in [6.07, 6.45) is 1.80. The summed E-state index contributed by atoms with van der Waals surface area (Å²) in [6, 6.07) is 13.9. The number of aryl methyl sites for hydroxylation is 2. The highest BCUT2D eigenvalue weighted by atomic mass is 16.1. The molecular formula is C20H23N5O. The van der Waals surface area contributed by atoms with E-state index in [1.807, 2.05) is 43.3 Å². The third kappa shape index (κ3) is 3.14. The van der Waals surface area contributed by atoms with Gasteiger partial charge in [0.05, 0.1) is 0 Å². The Hall–Kier alpha value is -2.89. The van der Waals surface area contributed by atoms with E-state index in [9.17, 15) is 4.79 Å². The molecular weight excluding hydrogens is 326 g/mol. The second-order valence-corrected chi connectivity index (χ2v) is 6.97. The lowest BCUT2D eigenvalue weighted by atomic mass is 10.0. The molecule has 0 unspecified atom stereocenters. The van der Waals surface area contributed by atoms with Crippen LogP contribution < -0.4 is 10.2 Å². The zero-order chi connectivity index (χ0) is 18.1. The van der Waals surface area contributed by atoms with E-state index in [4.69, 9.17) is 0 Å². The van der Waals surface area contributed by atoms with Gasteiger partial charge in [-0.15, -0.1) is 10.2 Å². The van der Waals surface area contributed by atoms with Gasteiger partial charge >= 0.3 is 0 Å². The monoisotopic (exact) mass is 349 g/mol. The summed E-state index contributed by atoms with van der Waals surface area (Å²) in [4.78, 5) is 14.7. The predicted octanol–water partition coefficient (Wildman–Crippen LogP) is 2.74. The van der Waals surface area contributed by atoms with Crippen LogP contribution in [-0.2, 0) is 0 Å². The number of amides is 1. The number of anilines is 1. The number of nitrogens with one attached hydrogen (secondary N) is 1. The van der Waals surface area contributed by atoms with Crippen LogP contribution in [0.3, 0.4) is 0 Å². The summed E-state index contributed by atoms with van der Waals surface area (Å²) in [6.45, 7) is 5.77. The molecule has 2 aromatic heterocycles. The van der Waals surface area contributed by atoms with Crippen LogP contribution in [0.25, 0.3) is 5.65 Å². The van der Waals surface area contributed by atoms with E-state index in [-0.39, 0.29) is 11.9 Å². The third-order valence-electron chi connectivity index (χ3n) is 5.00. The van der Waals surface area contributed by atoms with Crippen molar-refractivity contribution >= 4 is 17.5 Å². The number of carbonyl (C=O) groups is 1. The number of benzene rings is 1. The van der Waals surface area contributed by atoms with Crippen LogP contribution in [0.1, 0.15) is 34.5 Å². The molecule has 3 heterocycles. The van der Waals surface area contributed by atoms with Gasteiger partial charge in [0.15, 0.2) is 5.65 Å². The number of hydrogen-bond donors (Lipinski definition) is 1. The Kier molecular flexibility index (Phi) is 4.32. The van der Waals surface area contributed by atoms with Gasteiger partial charge in [0, 0.05) is 30.4 Å². The molecule has 1 aromatic carbocycles. The summed E-state index contributed by atoms with van der Waals surface area (Å²) in [5.74, 6) is 0.900. The van der Waals surface area contributed by atoms with Crippen molar-refractivity contribution in [3.8, 4) is 0 Å². The molecule has 3 aromatic rings. The van der Waals surface area contributed by atoms with E-state index in [1.54, 1.807) is 0 Å². The molecule has 1 N–H and O–H groups in total. The lowest BCUT2D eigenvalue weighted by Crippen LogP contribution is -2.45. The number of fused-ring (bicyclic) bond motifs is 1. The first-order chi connectivity index (χ1) is 12.6. The fourth-order valence-electron chi connectivity index (χ4n) is 3.57. The number of piperidine rings is 1.